The van der Waals surface area contributed by atoms with Gasteiger partial charge < -0.3 is 14.6 Å². The van der Waals surface area contributed by atoms with Crippen molar-refractivity contribution in [2.45, 2.75) is 32.8 Å². The SMILES string of the molecule is CCOC(=O)C(O)c1ccc(OC)c(C(C)C)c1. The fraction of sp³-hybridized carbons (Fsp3) is 0.500. The molecule has 0 fully saturated rings. The van der Waals surface area contributed by atoms with Crippen molar-refractivity contribution in [2.75, 3.05) is 13.7 Å². The van der Waals surface area contributed by atoms with E-state index in [9.17, 15) is 9.90 Å². The van der Waals surface area contributed by atoms with Crippen molar-refractivity contribution in [2.24, 2.45) is 0 Å². The lowest BCUT2D eigenvalue weighted by atomic mass is 9.97. The summed E-state index contributed by atoms with van der Waals surface area (Å²) in [4.78, 5) is 11.5. The zero-order valence-corrected chi connectivity index (χ0v) is 11.3. The third kappa shape index (κ3) is 3.23. The van der Waals surface area contributed by atoms with Gasteiger partial charge in [-0.05, 0) is 36.1 Å². The molecule has 0 bridgehead atoms. The van der Waals surface area contributed by atoms with E-state index in [2.05, 4.69) is 0 Å². The maximum atomic E-state index is 11.5. The number of hydrogen-bond acceptors (Lipinski definition) is 4. The highest BCUT2D eigenvalue weighted by molar-refractivity contribution is 5.76. The molecule has 18 heavy (non-hydrogen) atoms. The molecule has 0 heterocycles. The molecule has 1 aromatic rings. The van der Waals surface area contributed by atoms with Crippen molar-refractivity contribution in [1.82, 2.24) is 0 Å². The van der Waals surface area contributed by atoms with Crippen LogP contribution >= 0.6 is 0 Å². The van der Waals surface area contributed by atoms with Gasteiger partial charge in [0.1, 0.15) is 5.75 Å². The van der Waals surface area contributed by atoms with Crippen LogP contribution in [-0.2, 0) is 9.53 Å². The number of benzene rings is 1. The van der Waals surface area contributed by atoms with Gasteiger partial charge in [-0.15, -0.1) is 0 Å². The molecule has 0 aliphatic heterocycles. The van der Waals surface area contributed by atoms with Crippen LogP contribution < -0.4 is 4.74 Å². The van der Waals surface area contributed by atoms with E-state index >= 15 is 0 Å². The molecule has 0 amide bonds. The van der Waals surface area contributed by atoms with Gasteiger partial charge in [-0.3, -0.25) is 0 Å². The second-order valence-corrected chi connectivity index (χ2v) is 4.31. The molecule has 0 aliphatic carbocycles. The van der Waals surface area contributed by atoms with Crippen LogP contribution in [-0.4, -0.2) is 24.8 Å². The van der Waals surface area contributed by atoms with Crippen LogP contribution in [0.1, 0.15) is 43.9 Å². The van der Waals surface area contributed by atoms with E-state index in [-0.39, 0.29) is 12.5 Å². The summed E-state index contributed by atoms with van der Waals surface area (Å²) in [6, 6.07) is 5.21. The van der Waals surface area contributed by atoms with E-state index in [4.69, 9.17) is 9.47 Å². The summed E-state index contributed by atoms with van der Waals surface area (Å²) >= 11 is 0. The van der Waals surface area contributed by atoms with Gasteiger partial charge in [-0.2, -0.15) is 0 Å². The predicted molar refractivity (Wildman–Crippen MR) is 68.7 cm³/mol. The summed E-state index contributed by atoms with van der Waals surface area (Å²) in [6.45, 7) is 6.01. The number of hydrogen-bond donors (Lipinski definition) is 1. The number of methoxy groups -OCH3 is 1. The molecule has 4 heteroatoms. The van der Waals surface area contributed by atoms with E-state index < -0.39 is 12.1 Å². The highest BCUT2D eigenvalue weighted by Crippen LogP contribution is 2.29. The average Bonchev–Trinajstić information content (AvgIpc) is 2.37. The molecule has 1 aromatic carbocycles. The molecule has 0 aliphatic rings. The Kier molecular flexibility index (Phi) is 5.16. The zero-order valence-electron chi connectivity index (χ0n) is 11.3. The Morgan fingerprint density at radius 2 is 2.06 bits per heavy atom. The van der Waals surface area contributed by atoms with E-state index in [1.165, 1.54) is 0 Å². The summed E-state index contributed by atoms with van der Waals surface area (Å²) < 4.78 is 10.0. The van der Waals surface area contributed by atoms with Crippen molar-refractivity contribution in [3.05, 3.63) is 29.3 Å². The first-order valence-corrected chi connectivity index (χ1v) is 6.03. The number of ether oxygens (including phenoxy) is 2. The average molecular weight is 252 g/mol. The summed E-state index contributed by atoms with van der Waals surface area (Å²) in [7, 11) is 1.60. The van der Waals surface area contributed by atoms with Crippen molar-refractivity contribution >= 4 is 5.97 Å². The van der Waals surface area contributed by atoms with Gasteiger partial charge in [0.15, 0.2) is 6.10 Å². The molecule has 0 spiro atoms. The second-order valence-electron chi connectivity index (χ2n) is 4.31. The molecular weight excluding hydrogens is 232 g/mol. The minimum absolute atomic E-state index is 0.245. The Labute approximate surface area is 108 Å². The van der Waals surface area contributed by atoms with Crippen LogP contribution in [0.5, 0.6) is 5.75 Å². The fourth-order valence-electron chi connectivity index (χ4n) is 1.73. The van der Waals surface area contributed by atoms with Crippen LogP contribution in [0.2, 0.25) is 0 Å². The van der Waals surface area contributed by atoms with Gasteiger partial charge in [-0.25, -0.2) is 4.79 Å². The van der Waals surface area contributed by atoms with Crippen molar-refractivity contribution < 1.29 is 19.4 Å². The van der Waals surface area contributed by atoms with Gasteiger partial charge in [0.05, 0.1) is 13.7 Å². The Morgan fingerprint density at radius 1 is 1.39 bits per heavy atom. The molecule has 0 radical (unpaired) electrons. The molecule has 1 rings (SSSR count). The number of rotatable bonds is 5. The van der Waals surface area contributed by atoms with Gasteiger partial charge in [0.2, 0.25) is 0 Å². The lowest BCUT2D eigenvalue weighted by molar-refractivity contribution is -0.153. The van der Waals surface area contributed by atoms with Crippen LogP contribution in [0.3, 0.4) is 0 Å². The topological polar surface area (TPSA) is 55.8 Å². The lowest BCUT2D eigenvalue weighted by Crippen LogP contribution is -2.15. The lowest BCUT2D eigenvalue weighted by Gasteiger charge is -2.16. The van der Waals surface area contributed by atoms with E-state index in [0.717, 1.165) is 11.3 Å². The maximum Gasteiger partial charge on any atom is 0.339 e. The van der Waals surface area contributed by atoms with Crippen molar-refractivity contribution in [1.29, 1.82) is 0 Å². The Hall–Kier alpha value is -1.55. The molecule has 0 saturated heterocycles. The number of aliphatic hydroxyl groups excluding tert-OH is 1. The summed E-state index contributed by atoms with van der Waals surface area (Å²) in [5.74, 6) is 0.372. The Balaban J connectivity index is 3.04. The molecule has 100 valence electrons. The molecule has 4 nitrogen and oxygen atoms in total. The summed E-state index contributed by atoms with van der Waals surface area (Å²) in [5.41, 5.74) is 1.48. The quantitative estimate of drug-likeness (QED) is 0.818. The van der Waals surface area contributed by atoms with Crippen molar-refractivity contribution in [3.63, 3.8) is 0 Å². The largest absolute Gasteiger partial charge is 0.496 e. The Morgan fingerprint density at radius 3 is 2.56 bits per heavy atom. The van der Waals surface area contributed by atoms with Gasteiger partial charge in [0, 0.05) is 0 Å². The second kappa shape index (κ2) is 6.40. The number of esters is 1. The zero-order chi connectivity index (χ0) is 13.7. The smallest absolute Gasteiger partial charge is 0.339 e. The first-order chi connectivity index (χ1) is 8.51. The maximum absolute atomic E-state index is 11.5. The molecule has 0 saturated carbocycles. The van der Waals surface area contributed by atoms with Crippen LogP contribution in [0.15, 0.2) is 18.2 Å². The van der Waals surface area contributed by atoms with Gasteiger partial charge >= 0.3 is 5.97 Å². The number of carbonyl (C=O) groups is 1. The highest BCUT2D eigenvalue weighted by Gasteiger charge is 2.20. The third-order valence-corrected chi connectivity index (χ3v) is 2.70. The third-order valence-electron chi connectivity index (χ3n) is 2.70. The summed E-state index contributed by atoms with van der Waals surface area (Å²) in [5, 5.41) is 9.87. The van der Waals surface area contributed by atoms with E-state index in [1.807, 2.05) is 13.8 Å². The molecular formula is C14H20O4. The molecule has 1 unspecified atom stereocenters. The van der Waals surface area contributed by atoms with Gasteiger partial charge in [-0.1, -0.05) is 19.9 Å². The molecule has 0 aromatic heterocycles. The monoisotopic (exact) mass is 252 g/mol. The van der Waals surface area contributed by atoms with Crippen LogP contribution in [0, 0.1) is 0 Å². The first-order valence-electron chi connectivity index (χ1n) is 6.03. The molecule has 1 atom stereocenters. The predicted octanol–water partition coefficient (Wildman–Crippen LogP) is 2.42. The van der Waals surface area contributed by atoms with E-state index in [0.29, 0.717) is 5.56 Å². The van der Waals surface area contributed by atoms with E-state index in [1.54, 1.807) is 32.2 Å². The number of carbonyl (C=O) groups excluding carboxylic acids is 1. The number of aliphatic hydroxyl groups is 1. The summed E-state index contributed by atoms with van der Waals surface area (Å²) in [6.07, 6.45) is -1.24. The van der Waals surface area contributed by atoms with Gasteiger partial charge in [0.25, 0.3) is 0 Å². The fourth-order valence-corrected chi connectivity index (χ4v) is 1.73. The minimum Gasteiger partial charge on any atom is -0.496 e. The van der Waals surface area contributed by atoms with Crippen LogP contribution in [0.25, 0.3) is 0 Å². The standard InChI is InChI=1S/C14H20O4/c1-5-18-14(16)13(15)10-6-7-12(17-4)11(8-10)9(2)3/h6-9,13,15H,5H2,1-4H3. The molecule has 1 N–H and O–H groups in total. The van der Waals surface area contributed by atoms with Crippen molar-refractivity contribution in [3.8, 4) is 5.75 Å². The minimum atomic E-state index is -1.24. The van der Waals surface area contributed by atoms with Crippen LogP contribution in [0.4, 0.5) is 0 Å². The first kappa shape index (κ1) is 14.5. The Bertz CT molecular complexity index is 412. The highest BCUT2D eigenvalue weighted by atomic mass is 16.5. The normalized spacial score (nSPS) is 12.3.